The van der Waals surface area contributed by atoms with Crippen molar-refractivity contribution in [3.63, 3.8) is 0 Å². The summed E-state index contributed by atoms with van der Waals surface area (Å²) in [6.07, 6.45) is 2.07. The summed E-state index contributed by atoms with van der Waals surface area (Å²) in [6, 6.07) is 1.37. The molecule has 1 aliphatic rings. The summed E-state index contributed by atoms with van der Waals surface area (Å²) in [4.78, 5) is 24.8. The van der Waals surface area contributed by atoms with Crippen LogP contribution >= 0.6 is 0 Å². The van der Waals surface area contributed by atoms with E-state index in [1.165, 1.54) is 4.68 Å². The fourth-order valence-electron chi connectivity index (χ4n) is 2.29. The second kappa shape index (κ2) is 4.20. The Kier molecular flexibility index (Phi) is 2.87. The molecule has 1 aromatic heterocycles. The third-order valence-electron chi connectivity index (χ3n) is 3.37. The first-order valence-corrected chi connectivity index (χ1v) is 5.54. The van der Waals surface area contributed by atoms with Gasteiger partial charge in [-0.1, -0.05) is 0 Å². The van der Waals surface area contributed by atoms with Gasteiger partial charge in [0, 0.05) is 25.8 Å². The molecule has 92 valence electrons. The van der Waals surface area contributed by atoms with E-state index in [-0.39, 0.29) is 11.9 Å². The van der Waals surface area contributed by atoms with E-state index in [1.807, 2.05) is 0 Å². The number of hydrogen-bond donors (Lipinski definition) is 1. The zero-order valence-corrected chi connectivity index (χ0v) is 9.83. The average molecular weight is 237 g/mol. The number of carbonyl (C=O) groups excluding carboxylic acids is 1. The summed E-state index contributed by atoms with van der Waals surface area (Å²) in [5.41, 5.74) is 0.489. The number of likely N-dealkylation sites (tertiary alicyclic amines) is 1. The Hall–Kier alpha value is -1.85. The highest BCUT2D eigenvalue weighted by atomic mass is 16.4. The van der Waals surface area contributed by atoms with Crippen molar-refractivity contribution in [2.24, 2.45) is 13.0 Å². The van der Waals surface area contributed by atoms with Crippen molar-refractivity contribution >= 4 is 11.9 Å². The minimum atomic E-state index is -0.835. The lowest BCUT2D eigenvalue weighted by atomic mass is 10.0. The Labute approximate surface area is 98.8 Å². The van der Waals surface area contributed by atoms with Crippen LogP contribution in [-0.4, -0.2) is 44.3 Å². The van der Waals surface area contributed by atoms with Crippen LogP contribution in [0.15, 0.2) is 12.3 Å². The summed E-state index contributed by atoms with van der Waals surface area (Å²) < 4.78 is 1.50. The van der Waals surface area contributed by atoms with Crippen LogP contribution in [0.3, 0.4) is 0 Å². The first kappa shape index (κ1) is 11.6. The second-order valence-electron chi connectivity index (χ2n) is 4.31. The average Bonchev–Trinajstić information content (AvgIpc) is 2.83. The number of carbonyl (C=O) groups is 2. The monoisotopic (exact) mass is 237 g/mol. The smallest absolute Gasteiger partial charge is 0.308 e. The molecule has 1 N–H and O–H groups in total. The lowest BCUT2D eigenvalue weighted by molar-refractivity contribution is -0.142. The van der Waals surface area contributed by atoms with Crippen LogP contribution in [0, 0.1) is 5.92 Å². The van der Waals surface area contributed by atoms with Crippen molar-refractivity contribution < 1.29 is 14.7 Å². The number of aryl methyl sites for hydroxylation is 1. The van der Waals surface area contributed by atoms with E-state index in [0.717, 1.165) is 0 Å². The SMILES string of the molecule is CC1C(C(=O)O)CCN1C(=O)c1ccnn1C. The summed E-state index contributed by atoms with van der Waals surface area (Å²) in [7, 11) is 1.70. The van der Waals surface area contributed by atoms with Crippen molar-refractivity contribution in [1.29, 1.82) is 0 Å². The van der Waals surface area contributed by atoms with E-state index < -0.39 is 11.9 Å². The summed E-state index contributed by atoms with van der Waals surface area (Å²) >= 11 is 0. The van der Waals surface area contributed by atoms with Gasteiger partial charge in [0.1, 0.15) is 5.69 Å². The molecule has 6 heteroatoms. The van der Waals surface area contributed by atoms with Gasteiger partial charge >= 0.3 is 5.97 Å². The second-order valence-corrected chi connectivity index (χ2v) is 4.31. The van der Waals surface area contributed by atoms with Gasteiger partial charge in [-0.25, -0.2) is 0 Å². The Morgan fingerprint density at radius 2 is 2.24 bits per heavy atom. The fourth-order valence-corrected chi connectivity index (χ4v) is 2.29. The van der Waals surface area contributed by atoms with Gasteiger partial charge in [0.05, 0.1) is 5.92 Å². The van der Waals surface area contributed by atoms with Crippen LogP contribution in [0.5, 0.6) is 0 Å². The van der Waals surface area contributed by atoms with Gasteiger partial charge in [-0.05, 0) is 19.4 Å². The largest absolute Gasteiger partial charge is 0.481 e. The molecule has 2 heterocycles. The molecule has 2 unspecified atom stereocenters. The summed E-state index contributed by atoms with van der Waals surface area (Å²) in [5, 5.41) is 13.0. The maximum absolute atomic E-state index is 12.2. The predicted molar refractivity (Wildman–Crippen MR) is 59.4 cm³/mol. The number of rotatable bonds is 2. The lowest BCUT2D eigenvalue weighted by Gasteiger charge is -2.23. The van der Waals surface area contributed by atoms with Crippen LogP contribution in [0.2, 0.25) is 0 Å². The minimum absolute atomic E-state index is 0.152. The third kappa shape index (κ3) is 1.90. The molecule has 0 radical (unpaired) electrons. The maximum Gasteiger partial charge on any atom is 0.308 e. The molecule has 17 heavy (non-hydrogen) atoms. The van der Waals surface area contributed by atoms with Gasteiger partial charge in [-0.3, -0.25) is 14.3 Å². The van der Waals surface area contributed by atoms with Crippen molar-refractivity contribution in [2.75, 3.05) is 6.54 Å². The molecule has 2 atom stereocenters. The molecule has 0 aliphatic carbocycles. The molecule has 0 spiro atoms. The zero-order chi connectivity index (χ0) is 12.6. The summed E-state index contributed by atoms with van der Waals surface area (Å²) in [5.74, 6) is -1.45. The highest BCUT2D eigenvalue weighted by Crippen LogP contribution is 2.25. The van der Waals surface area contributed by atoms with Crippen LogP contribution in [0.1, 0.15) is 23.8 Å². The molecule has 1 saturated heterocycles. The molecule has 0 bridgehead atoms. The maximum atomic E-state index is 12.2. The normalized spacial score (nSPS) is 24.0. The Morgan fingerprint density at radius 1 is 1.53 bits per heavy atom. The molecular formula is C11H15N3O3. The van der Waals surface area contributed by atoms with Gasteiger partial charge in [-0.2, -0.15) is 5.10 Å². The van der Waals surface area contributed by atoms with Crippen LogP contribution in [-0.2, 0) is 11.8 Å². The fraction of sp³-hybridized carbons (Fsp3) is 0.545. The highest BCUT2D eigenvalue weighted by molar-refractivity contribution is 5.93. The van der Waals surface area contributed by atoms with Crippen LogP contribution < -0.4 is 0 Å². The molecule has 1 aromatic rings. The van der Waals surface area contributed by atoms with Crippen molar-refractivity contribution in [1.82, 2.24) is 14.7 Å². The number of carboxylic acids is 1. The highest BCUT2D eigenvalue weighted by Gasteiger charge is 2.38. The predicted octanol–water partition coefficient (Wildman–Crippen LogP) is 0.355. The van der Waals surface area contributed by atoms with Crippen molar-refractivity contribution in [3.05, 3.63) is 18.0 Å². The van der Waals surface area contributed by atoms with Gasteiger partial charge < -0.3 is 10.0 Å². The van der Waals surface area contributed by atoms with Gasteiger partial charge in [0.25, 0.3) is 5.91 Å². The van der Waals surface area contributed by atoms with Crippen LogP contribution in [0.25, 0.3) is 0 Å². The number of carboxylic acid groups (broad SMARTS) is 1. The standard InChI is InChI=1S/C11H15N3O3/c1-7-8(11(16)17)4-6-14(7)10(15)9-3-5-12-13(9)2/h3,5,7-8H,4,6H2,1-2H3,(H,16,17). The molecule has 1 aliphatic heterocycles. The number of aliphatic carboxylic acids is 1. The molecule has 0 saturated carbocycles. The topological polar surface area (TPSA) is 75.4 Å². The molecule has 2 rings (SSSR count). The van der Waals surface area contributed by atoms with Gasteiger partial charge in [0.15, 0.2) is 0 Å². The molecule has 6 nitrogen and oxygen atoms in total. The first-order chi connectivity index (χ1) is 8.02. The molecule has 1 amide bonds. The Balaban J connectivity index is 2.18. The van der Waals surface area contributed by atoms with Gasteiger partial charge in [0.2, 0.25) is 0 Å². The van der Waals surface area contributed by atoms with E-state index >= 15 is 0 Å². The molecular weight excluding hydrogens is 222 g/mol. The van der Waals surface area contributed by atoms with E-state index in [9.17, 15) is 9.59 Å². The molecule has 0 aromatic carbocycles. The lowest BCUT2D eigenvalue weighted by Crippen LogP contribution is -2.38. The third-order valence-corrected chi connectivity index (χ3v) is 3.37. The number of aromatic nitrogens is 2. The minimum Gasteiger partial charge on any atom is -0.481 e. The van der Waals surface area contributed by atoms with E-state index in [2.05, 4.69) is 5.10 Å². The molecule has 1 fully saturated rings. The Morgan fingerprint density at radius 3 is 2.71 bits per heavy atom. The first-order valence-electron chi connectivity index (χ1n) is 5.54. The van der Waals surface area contributed by atoms with Crippen LogP contribution in [0.4, 0.5) is 0 Å². The number of amides is 1. The van der Waals surface area contributed by atoms with E-state index in [1.54, 1.807) is 31.1 Å². The van der Waals surface area contributed by atoms with Gasteiger partial charge in [-0.15, -0.1) is 0 Å². The van der Waals surface area contributed by atoms with E-state index in [4.69, 9.17) is 5.11 Å². The number of hydrogen-bond acceptors (Lipinski definition) is 3. The van der Waals surface area contributed by atoms with Crippen molar-refractivity contribution in [2.45, 2.75) is 19.4 Å². The quantitative estimate of drug-likeness (QED) is 0.805. The summed E-state index contributed by atoms with van der Waals surface area (Å²) in [6.45, 7) is 2.27. The zero-order valence-electron chi connectivity index (χ0n) is 9.83. The van der Waals surface area contributed by atoms with E-state index in [0.29, 0.717) is 18.7 Å². The number of nitrogens with zero attached hydrogens (tertiary/aromatic N) is 3. The van der Waals surface area contributed by atoms with Crippen molar-refractivity contribution in [3.8, 4) is 0 Å². The Bertz CT molecular complexity index is 455.